The van der Waals surface area contributed by atoms with Gasteiger partial charge in [0, 0.05) is 0 Å². The van der Waals surface area contributed by atoms with Crippen molar-refractivity contribution in [1.82, 2.24) is 0 Å². The summed E-state index contributed by atoms with van der Waals surface area (Å²) in [5.74, 6) is 0. The van der Waals surface area contributed by atoms with Crippen LogP contribution in [0.5, 0.6) is 0 Å². The molecule has 1 rings (SSSR count). The van der Waals surface area contributed by atoms with Crippen LogP contribution < -0.4 is 0 Å². The standard InChI is InChI=1S/C8H4Cl3N/c9-6-2-1-5(3-4-12)7(10)8(6)11/h1-2H,3H2. The quantitative estimate of drug-likeness (QED) is 0.662. The second-order valence-electron chi connectivity index (χ2n) is 2.17. The Morgan fingerprint density at radius 2 is 1.83 bits per heavy atom. The van der Waals surface area contributed by atoms with Crippen LogP contribution in [0.1, 0.15) is 5.56 Å². The third-order valence-corrected chi connectivity index (χ3v) is 2.72. The lowest BCUT2D eigenvalue weighted by molar-refractivity contribution is 1.26. The van der Waals surface area contributed by atoms with Crippen molar-refractivity contribution in [3.05, 3.63) is 32.8 Å². The Kier molecular flexibility index (Phi) is 3.22. The molecule has 0 bridgehead atoms. The van der Waals surface area contributed by atoms with Crippen molar-refractivity contribution in [2.75, 3.05) is 0 Å². The molecule has 0 radical (unpaired) electrons. The third kappa shape index (κ3) is 1.84. The molecule has 1 nitrogen and oxygen atoms in total. The van der Waals surface area contributed by atoms with Crippen LogP contribution in [0.2, 0.25) is 15.1 Å². The molecule has 0 atom stereocenters. The van der Waals surface area contributed by atoms with Gasteiger partial charge < -0.3 is 0 Å². The van der Waals surface area contributed by atoms with Crippen LogP contribution in [0.15, 0.2) is 12.1 Å². The molecule has 0 unspecified atom stereocenters. The topological polar surface area (TPSA) is 23.8 Å². The minimum Gasteiger partial charge on any atom is -0.198 e. The number of hydrogen-bond acceptors (Lipinski definition) is 1. The average molecular weight is 220 g/mol. The molecule has 0 aliphatic heterocycles. The number of halogens is 3. The van der Waals surface area contributed by atoms with Gasteiger partial charge in [-0.25, -0.2) is 0 Å². The van der Waals surface area contributed by atoms with Crippen LogP contribution in [0.3, 0.4) is 0 Å². The number of hydrogen-bond donors (Lipinski definition) is 0. The van der Waals surface area contributed by atoms with E-state index in [4.69, 9.17) is 40.1 Å². The van der Waals surface area contributed by atoms with Crippen LogP contribution in [-0.4, -0.2) is 0 Å². The lowest BCUT2D eigenvalue weighted by Gasteiger charge is -2.02. The minimum atomic E-state index is 0.246. The van der Waals surface area contributed by atoms with E-state index in [9.17, 15) is 0 Å². The predicted molar refractivity (Wildman–Crippen MR) is 50.8 cm³/mol. The highest BCUT2D eigenvalue weighted by atomic mass is 35.5. The van der Waals surface area contributed by atoms with Crippen molar-refractivity contribution in [2.24, 2.45) is 0 Å². The highest BCUT2D eigenvalue weighted by Gasteiger charge is 2.07. The summed E-state index contributed by atoms with van der Waals surface area (Å²) in [7, 11) is 0. The maximum absolute atomic E-state index is 8.42. The molecule has 1 aromatic rings. The molecule has 62 valence electrons. The largest absolute Gasteiger partial charge is 0.198 e. The van der Waals surface area contributed by atoms with Crippen molar-refractivity contribution in [1.29, 1.82) is 5.26 Å². The second kappa shape index (κ2) is 4.00. The van der Waals surface area contributed by atoms with Gasteiger partial charge in [-0.05, 0) is 11.6 Å². The summed E-state index contributed by atoms with van der Waals surface area (Å²) in [5.41, 5.74) is 0.702. The zero-order valence-corrected chi connectivity index (χ0v) is 8.21. The molecule has 12 heavy (non-hydrogen) atoms. The van der Waals surface area contributed by atoms with Gasteiger partial charge in [0.1, 0.15) is 0 Å². The van der Waals surface area contributed by atoms with Gasteiger partial charge in [-0.15, -0.1) is 0 Å². The fourth-order valence-corrected chi connectivity index (χ4v) is 1.41. The van der Waals surface area contributed by atoms with Crippen molar-refractivity contribution < 1.29 is 0 Å². The van der Waals surface area contributed by atoms with Crippen molar-refractivity contribution in [2.45, 2.75) is 6.42 Å². The van der Waals surface area contributed by atoms with Gasteiger partial charge in [0.2, 0.25) is 0 Å². The van der Waals surface area contributed by atoms with E-state index in [1.807, 2.05) is 6.07 Å². The highest BCUT2D eigenvalue weighted by Crippen LogP contribution is 2.32. The Hall–Kier alpha value is -0.420. The number of nitrogens with zero attached hydrogens (tertiary/aromatic N) is 1. The monoisotopic (exact) mass is 219 g/mol. The summed E-state index contributed by atoms with van der Waals surface area (Å²) in [4.78, 5) is 0. The fraction of sp³-hybridized carbons (Fsp3) is 0.125. The van der Waals surface area contributed by atoms with Crippen molar-refractivity contribution >= 4 is 34.8 Å². The highest BCUT2D eigenvalue weighted by molar-refractivity contribution is 6.48. The Labute approximate surface area is 85.5 Å². The summed E-state index contributed by atoms with van der Waals surface area (Å²) in [6, 6.07) is 5.31. The summed E-state index contributed by atoms with van der Waals surface area (Å²) in [6.45, 7) is 0. The molecule has 0 amide bonds. The van der Waals surface area contributed by atoms with Gasteiger partial charge >= 0.3 is 0 Å². The van der Waals surface area contributed by atoms with E-state index in [0.29, 0.717) is 20.6 Å². The zero-order chi connectivity index (χ0) is 9.14. The van der Waals surface area contributed by atoms with Gasteiger partial charge in [-0.1, -0.05) is 40.9 Å². The fourth-order valence-electron chi connectivity index (χ4n) is 0.788. The van der Waals surface area contributed by atoms with Gasteiger partial charge in [0.15, 0.2) is 0 Å². The Bertz CT molecular complexity index is 341. The Morgan fingerprint density at radius 3 is 2.42 bits per heavy atom. The van der Waals surface area contributed by atoms with E-state index in [2.05, 4.69) is 0 Å². The molecule has 0 fully saturated rings. The lowest BCUT2D eigenvalue weighted by Crippen LogP contribution is -1.84. The zero-order valence-electron chi connectivity index (χ0n) is 5.94. The minimum absolute atomic E-state index is 0.246. The first-order valence-corrected chi connectivity index (χ1v) is 4.29. The number of benzene rings is 1. The first-order valence-electron chi connectivity index (χ1n) is 3.16. The summed E-state index contributed by atoms with van der Waals surface area (Å²) in [5, 5.41) is 9.50. The summed E-state index contributed by atoms with van der Waals surface area (Å²) >= 11 is 17.2. The molecule has 0 saturated carbocycles. The average Bonchev–Trinajstić information content (AvgIpc) is 2.07. The number of nitriles is 1. The van der Waals surface area contributed by atoms with Gasteiger partial charge in [0.05, 0.1) is 27.6 Å². The second-order valence-corrected chi connectivity index (χ2v) is 3.33. The molecule has 0 N–H and O–H groups in total. The van der Waals surface area contributed by atoms with Crippen molar-refractivity contribution in [3.63, 3.8) is 0 Å². The van der Waals surface area contributed by atoms with Crippen molar-refractivity contribution in [3.8, 4) is 6.07 Å². The Balaban J connectivity index is 3.19. The molecule has 0 saturated heterocycles. The molecule has 0 aromatic heterocycles. The molecule has 0 spiro atoms. The Morgan fingerprint density at radius 1 is 1.17 bits per heavy atom. The maximum Gasteiger partial charge on any atom is 0.0781 e. The number of rotatable bonds is 1. The first-order chi connectivity index (χ1) is 5.66. The van der Waals surface area contributed by atoms with Gasteiger partial charge in [0.25, 0.3) is 0 Å². The molecule has 0 heterocycles. The smallest absolute Gasteiger partial charge is 0.0781 e. The summed E-state index contributed by atoms with van der Waals surface area (Å²) in [6.07, 6.45) is 0.246. The van der Waals surface area contributed by atoms with Crippen LogP contribution in [-0.2, 0) is 6.42 Å². The molecule has 1 aromatic carbocycles. The van der Waals surface area contributed by atoms with E-state index in [-0.39, 0.29) is 6.42 Å². The lowest BCUT2D eigenvalue weighted by atomic mass is 10.2. The molecular weight excluding hydrogens is 216 g/mol. The summed E-state index contributed by atoms with van der Waals surface area (Å²) < 4.78 is 0. The van der Waals surface area contributed by atoms with E-state index in [1.165, 1.54) is 0 Å². The normalized spacial score (nSPS) is 9.50. The van der Waals surface area contributed by atoms with Crippen LogP contribution in [0, 0.1) is 11.3 Å². The van der Waals surface area contributed by atoms with E-state index in [0.717, 1.165) is 0 Å². The predicted octanol–water partition coefficient (Wildman–Crippen LogP) is 3.71. The molecule has 0 aliphatic rings. The van der Waals surface area contributed by atoms with E-state index in [1.54, 1.807) is 12.1 Å². The van der Waals surface area contributed by atoms with Crippen LogP contribution >= 0.6 is 34.8 Å². The first kappa shape index (κ1) is 9.67. The van der Waals surface area contributed by atoms with E-state index < -0.39 is 0 Å². The van der Waals surface area contributed by atoms with Crippen LogP contribution in [0.25, 0.3) is 0 Å². The van der Waals surface area contributed by atoms with Gasteiger partial charge in [-0.3, -0.25) is 0 Å². The van der Waals surface area contributed by atoms with Gasteiger partial charge in [-0.2, -0.15) is 5.26 Å². The maximum atomic E-state index is 8.42. The third-order valence-electron chi connectivity index (χ3n) is 1.38. The molecular formula is C8H4Cl3N. The van der Waals surface area contributed by atoms with E-state index >= 15 is 0 Å². The molecule has 0 aliphatic carbocycles. The molecule has 4 heteroatoms. The van der Waals surface area contributed by atoms with Crippen LogP contribution in [0.4, 0.5) is 0 Å². The SMILES string of the molecule is N#CCc1ccc(Cl)c(Cl)c1Cl.